The molecule has 0 aliphatic carbocycles. The molecule has 4 heterocycles. The van der Waals surface area contributed by atoms with Crippen molar-refractivity contribution in [1.29, 1.82) is 0 Å². The SMILES string of the molecule is CN1CCC(C2NCCN2C)C(NC(=O)C2C(N)NN3CC(F)CNC23)C1. The fourth-order valence-electron chi connectivity index (χ4n) is 5.08. The van der Waals surface area contributed by atoms with Crippen LogP contribution in [0.25, 0.3) is 0 Å². The van der Waals surface area contributed by atoms with E-state index in [0.29, 0.717) is 5.92 Å². The van der Waals surface area contributed by atoms with Crippen molar-refractivity contribution in [3.63, 3.8) is 0 Å². The van der Waals surface area contributed by atoms with E-state index >= 15 is 0 Å². The smallest absolute Gasteiger partial charge is 0.229 e. The zero-order valence-electron chi connectivity index (χ0n) is 16.2. The van der Waals surface area contributed by atoms with Crippen LogP contribution in [0, 0.1) is 11.8 Å². The highest BCUT2D eigenvalue weighted by molar-refractivity contribution is 5.80. The second kappa shape index (κ2) is 7.86. The highest BCUT2D eigenvalue weighted by Gasteiger charge is 2.48. The molecule has 7 unspecified atom stereocenters. The molecule has 10 heteroatoms. The summed E-state index contributed by atoms with van der Waals surface area (Å²) in [5.74, 6) is -0.146. The molecule has 0 spiro atoms. The normalized spacial score (nSPS) is 44.4. The van der Waals surface area contributed by atoms with Gasteiger partial charge in [-0.25, -0.2) is 14.8 Å². The number of halogens is 1. The maximum absolute atomic E-state index is 13.7. The van der Waals surface area contributed by atoms with Gasteiger partial charge in [-0.2, -0.15) is 0 Å². The number of amides is 1. The van der Waals surface area contributed by atoms with Crippen molar-refractivity contribution in [3.8, 4) is 0 Å². The quantitative estimate of drug-likeness (QED) is 0.358. The van der Waals surface area contributed by atoms with Crippen LogP contribution in [-0.4, -0.2) is 105 Å². The van der Waals surface area contributed by atoms with Gasteiger partial charge in [0.25, 0.3) is 0 Å². The van der Waals surface area contributed by atoms with Gasteiger partial charge in [0.2, 0.25) is 5.91 Å². The standard InChI is InChI=1S/C17H33FN8O/c1-24-5-3-11(15-20-4-6-25(15)2)12(9-24)22-17(27)13-14(19)23-26-8-10(18)7-21-16(13)26/h10-16,20-21,23H,3-9,19H2,1-2H3,(H,22,27). The lowest BCUT2D eigenvalue weighted by Gasteiger charge is -2.42. The summed E-state index contributed by atoms with van der Waals surface area (Å²) >= 11 is 0. The summed E-state index contributed by atoms with van der Waals surface area (Å²) in [5.41, 5.74) is 9.24. The number of nitrogens with two attached hydrogens (primary N) is 1. The third kappa shape index (κ3) is 3.84. The van der Waals surface area contributed by atoms with Crippen LogP contribution in [0.4, 0.5) is 4.39 Å². The van der Waals surface area contributed by atoms with Crippen LogP contribution >= 0.6 is 0 Å². The van der Waals surface area contributed by atoms with Crippen molar-refractivity contribution in [2.45, 2.75) is 37.1 Å². The summed E-state index contributed by atoms with van der Waals surface area (Å²) in [6.45, 7) is 4.37. The number of nitrogens with one attached hydrogen (secondary N) is 4. The molecule has 4 saturated heterocycles. The van der Waals surface area contributed by atoms with E-state index in [9.17, 15) is 9.18 Å². The molecule has 4 aliphatic rings. The molecule has 7 atom stereocenters. The minimum Gasteiger partial charge on any atom is -0.351 e. The minimum absolute atomic E-state index is 0.0572. The molecule has 9 nitrogen and oxygen atoms in total. The van der Waals surface area contributed by atoms with Crippen LogP contribution in [0.3, 0.4) is 0 Å². The zero-order chi connectivity index (χ0) is 19.1. The van der Waals surface area contributed by atoms with E-state index in [2.05, 4.69) is 45.3 Å². The largest absolute Gasteiger partial charge is 0.351 e. The number of hydrogen-bond donors (Lipinski definition) is 5. The van der Waals surface area contributed by atoms with E-state index in [4.69, 9.17) is 5.73 Å². The third-order valence-electron chi connectivity index (χ3n) is 6.52. The number of carbonyl (C=O) groups excluding carboxylic acids is 1. The summed E-state index contributed by atoms with van der Waals surface area (Å²) < 4.78 is 13.7. The third-order valence-corrected chi connectivity index (χ3v) is 6.52. The van der Waals surface area contributed by atoms with Crippen LogP contribution in [-0.2, 0) is 4.79 Å². The lowest BCUT2D eigenvalue weighted by atomic mass is 9.87. The molecule has 1 amide bonds. The number of fused-ring (bicyclic) bond motifs is 1. The average Bonchev–Trinajstić information content (AvgIpc) is 3.17. The molecule has 154 valence electrons. The molecule has 0 aromatic rings. The number of hydrazine groups is 1. The van der Waals surface area contributed by atoms with Crippen molar-refractivity contribution in [1.82, 2.24) is 36.2 Å². The molecule has 0 radical (unpaired) electrons. The molecular weight excluding hydrogens is 351 g/mol. The van der Waals surface area contributed by atoms with Gasteiger partial charge in [0.15, 0.2) is 0 Å². The first-order valence-electron chi connectivity index (χ1n) is 10.0. The highest BCUT2D eigenvalue weighted by atomic mass is 19.1. The van der Waals surface area contributed by atoms with Gasteiger partial charge in [0.1, 0.15) is 6.17 Å². The van der Waals surface area contributed by atoms with Crippen LogP contribution in [0.15, 0.2) is 0 Å². The average molecular weight is 385 g/mol. The summed E-state index contributed by atoms with van der Waals surface area (Å²) in [7, 11) is 4.23. The number of likely N-dealkylation sites (tertiary alicyclic amines) is 1. The first-order chi connectivity index (χ1) is 12.9. The maximum atomic E-state index is 13.7. The van der Waals surface area contributed by atoms with Crippen molar-refractivity contribution < 1.29 is 9.18 Å². The van der Waals surface area contributed by atoms with Crippen LogP contribution < -0.4 is 27.1 Å². The molecule has 0 aromatic carbocycles. The number of alkyl halides is 1. The topological polar surface area (TPSA) is 101 Å². The number of piperidine rings is 1. The fraction of sp³-hybridized carbons (Fsp3) is 0.941. The number of carbonyl (C=O) groups is 1. The Morgan fingerprint density at radius 2 is 2.00 bits per heavy atom. The van der Waals surface area contributed by atoms with Crippen LogP contribution in [0.5, 0.6) is 0 Å². The highest BCUT2D eigenvalue weighted by Crippen LogP contribution is 2.26. The summed E-state index contributed by atoms with van der Waals surface area (Å²) in [5, 5.41) is 11.7. The molecule has 27 heavy (non-hydrogen) atoms. The second-order valence-electron chi connectivity index (χ2n) is 8.49. The zero-order valence-corrected chi connectivity index (χ0v) is 16.2. The molecule has 6 N–H and O–H groups in total. The first kappa shape index (κ1) is 19.4. The second-order valence-corrected chi connectivity index (χ2v) is 8.49. The summed E-state index contributed by atoms with van der Waals surface area (Å²) in [4.78, 5) is 17.8. The van der Waals surface area contributed by atoms with E-state index in [1.54, 1.807) is 5.01 Å². The van der Waals surface area contributed by atoms with Crippen molar-refractivity contribution in [2.24, 2.45) is 17.6 Å². The van der Waals surface area contributed by atoms with Crippen molar-refractivity contribution >= 4 is 5.91 Å². The summed E-state index contributed by atoms with van der Waals surface area (Å²) in [6.07, 6.45) is -0.409. The molecular formula is C17H33FN8O. The number of rotatable bonds is 3. The lowest BCUT2D eigenvalue weighted by Crippen LogP contribution is -2.62. The van der Waals surface area contributed by atoms with E-state index in [0.717, 1.165) is 32.6 Å². The van der Waals surface area contributed by atoms with Gasteiger partial charge in [-0.3, -0.25) is 15.0 Å². The Morgan fingerprint density at radius 3 is 2.74 bits per heavy atom. The molecule has 0 aromatic heterocycles. The predicted octanol–water partition coefficient (Wildman–Crippen LogP) is -2.73. The Morgan fingerprint density at radius 1 is 1.19 bits per heavy atom. The van der Waals surface area contributed by atoms with Crippen LogP contribution in [0.1, 0.15) is 6.42 Å². The monoisotopic (exact) mass is 384 g/mol. The molecule has 0 saturated carbocycles. The van der Waals surface area contributed by atoms with Crippen molar-refractivity contribution in [2.75, 3.05) is 53.4 Å². The first-order valence-corrected chi connectivity index (χ1v) is 10.0. The molecule has 4 rings (SSSR count). The number of likely N-dealkylation sites (N-methyl/N-ethyl adjacent to an activating group) is 2. The minimum atomic E-state index is -0.955. The van der Waals surface area contributed by atoms with E-state index in [-0.39, 0.29) is 37.4 Å². The van der Waals surface area contributed by atoms with E-state index in [1.807, 2.05) is 0 Å². The lowest BCUT2D eigenvalue weighted by molar-refractivity contribution is -0.128. The van der Waals surface area contributed by atoms with Gasteiger partial charge < -0.3 is 21.3 Å². The van der Waals surface area contributed by atoms with Crippen LogP contribution in [0.2, 0.25) is 0 Å². The van der Waals surface area contributed by atoms with Crippen molar-refractivity contribution in [3.05, 3.63) is 0 Å². The Labute approximate surface area is 160 Å². The predicted molar refractivity (Wildman–Crippen MR) is 99.9 cm³/mol. The molecule has 4 fully saturated rings. The van der Waals surface area contributed by atoms with Gasteiger partial charge in [-0.05, 0) is 27.1 Å². The van der Waals surface area contributed by atoms with Gasteiger partial charge in [0.05, 0.1) is 24.4 Å². The summed E-state index contributed by atoms with van der Waals surface area (Å²) in [6, 6.07) is 0.0630. The Hall–Kier alpha value is -0.880. The Kier molecular flexibility index (Phi) is 5.66. The van der Waals surface area contributed by atoms with Gasteiger partial charge in [-0.1, -0.05) is 0 Å². The van der Waals surface area contributed by atoms with Gasteiger partial charge in [-0.15, -0.1) is 0 Å². The van der Waals surface area contributed by atoms with E-state index in [1.165, 1.54) is 0 Å². The number of nitrogens with zero attached hydrogens (tertiary/aromatic N) is 3. The Bertz CT molecular complexity index is 553. The maximum Gasteiger partial charge on any atom is 0.229 e. The molecule has 0 bridgehead atoms. The number of hydrogen-bond acceptors (Lipinski definition) is 8. The Balaban J connectivity index is 1.45. The van der Waals surface area contributed by atoms with Gasteiger partial charge >= 0.3 is 0 Å². The molecule has 4 aliphatic heterocycles. The van der Waals surface area contributed by atoms with E-state index < -0.39 is 18.3 Å². The fourth-order valence-corrected chi connectivity index (χ4v) is 5.08. The van der Waals surface area contributed by atoms with Gasteiger partial charge in [0, 0.05) is 44.7 Å².